The molecule has 3 heterocycles. The number of nitrogens with one attached hydrogen (secondary N) is 1. The normalized spacial score (nSPS) is 15.3. The van der Waals surface area contributed by atoms with Crippen molar-refractivity contribution in [1.82, 2.24) is 20.1 Å². The summed E-state index contributed by atoms with van der Waals surface area (Å²) in [6.45, 7) is 3.51. The predicted octanol–water partition coefficient (Wildman–Crippen LogP) is 2.36. The highest BCUT2D eigenvalue weighted by Gasteiger charge is 2.31. The molecule has 1 aliphatic rings. The lowest BCUT2D eigenvalue weighted by Crippen LogP contribution is -2.50. The highest BCUT2D eigenvalue weighted by molar-refractivity contribution is 6.00. The van der Waals surface area contributed by atoms with E-state index in [-0.39, 0.29) is 25.5 Å². The van der Waals surface area contributed by atoms with E-state index in [2.05, 4.69) is 27.2 Å². The fourth-order valence-electron chi connectivity index (χ4n) is 3.51. The third-order valence-electron chi connectivity index (χ3n) is 5.67. The van der Waals surface area contributed by atoms with E-state index < -0.39 is 23.4 Å². The van der Waals surface area contributed by atoms with E-state index in [0.29, 0.717) is 28.1 Å². The molecule has 0 unspecified atom stereocenters. The average molecular weight is 492 g/mol. The number of nitrogens with zero attached hydrogens (tertiary/aromatic N) is 4. The summed E-state index contributed by atoms with van der Waals surface area (Å²) in [5, 5.41) is 16.1. The van der Waals surface area contributed by atoms with Crippen molar-refractivity contribution in [3.63, 3.8) is 0 Å². The Bertz CT molecular complexity index is 1360. The maximum atomic E-state index is 13.8. The number of hydrogen-bond donors (Lipinski definition) is 2. The number of aliphatic hydroxyl groups is 1. The number of benzene rings is 1. The number of amides is 2. The minimum atomic E-state index is -0.957. The molecule has 10 heteroatoms. The van der Waals surface area contributed by atoms with E-state index in [1.165, 1.54) is 23.5 Å². The van der Waals surface area contributed by atoms with Gasteiger partial charge >= 0.3 is 6.03 Å². The molecule has 0 fully saturated rings. The van der Waals surface area contributed by atoms with Gasteiger partial charge in [-0.15, -0.1) is 0 Å². The van der Waals surface area contributed by atoms with Gasteiger partial charge in [-0.1, -0.05) is 17.9 Å². The summed E-state index contributed by atoms with van der Waals surface area (Å²) >= 11 is 0. The van der Waals surface area contributed by atoms with Crippen LogP contribution in [0, 0.1) is 23.2 Å². The second-order valence-corrected chi connectivity index (χ2v) is 9.11. The Labute approximate surface area is 207 Å². The number of aromatic nitrogens is 3. The molecule has 3 aromatic rings. The lowest BCUT2D eigenvalue weighted by molar-refractivity contribution is -0.120. The molecule has 0 spiro atoms. The molecule has 1 atom stereocenters. The molecular weight excluding hydrogens is 465 g/mol. The number of halogens is 1. The van der Waals surface area contributed by atoms with Crippen molar-refractivity contribution in [3.8, 4) is 17.6 Å². The summed E-state index contributed by atoms with van der Waals surface area (Å²) < 4.78 is 20.7. The van der Waals surface area contributed by atoms with Crippen LogP contribution in [0.3, 0.4) is 0 Å². The van der Waals surface area contributed by atoms with Gasteiger partial charge in [0.1, 0.15) is 18.4 Å². The van der Waals surface area contributed by atoms with Crippen LogP contribution < -0.4 is 15.0 Å². The van der Waals surface area contributed by atoms with Crippen LogP contribution in [0.15, 0.2) is 48.9 Å². The van der Waals surface area contributed by atoms with Crippen LogP contribution in [0.1, 0.15) is 30.5 Å². The van der Waals surface area contributed by atoms with E-state index in [1.54, 1.807) is 37.4 Å². The largest absolute Gasteiger partial charge is 0.489 e. The Kier molecular flexibility index (Phi) is 7.03. The van der Waals surface area contributed by atoms with Crippen molar-refractivity contribution < 1.29 is 23.8 Å². The van der Waals surface area contributed by atoms with Gasteiger partial charge in [0, 0.05) is 42.4 Å². The van der Waals surface area contributed by atoms with Crippen molar-refractivity contribution in [2.45, 2.75) is 26.3 Å². The Morgan fingerprint density at radius 2 is 2.17 bits per heavy atom. The van der Waals surface area contributed by atoms with Crippen LogP contribution in [0.4, 0.5) is 14.9 Å². The first-order chi connectivity index (χ1) is 17.2. The number of fused-ring (bicyclic) bond motifs is 1. The zero-order valence-electron chi connectivity index (χ0n) is 20.2. The SMILES string of the molecule is CN1C(=O)[C@@H](NC(=O)n2cc(Cc3cccnc3F)cn2)COc2ccc(C#CC(C)(C)CO)cc21. The van der Waals surface area contributed by atoms with Crippen LogP contribution in [0.5, 0.6) is 5.75 Å². The topological polar surface area (TPSA) is 110 Å². The lowest BCUT2D eigenvalue weighted by atomic mass is 9.95. The number of rotatable bonds is 4. The molecule has 0 bridgehead atoms. The molecule has 1 aliphatic heterocycles. The minimum absolute atomic E-state index is 0.0699. The quantitative estimate of drug-likeness (QED) is 0.428. The minimum Gasteiger partial charge on any atom is -0.489 e. The number of aliphatic hydroxyl groups excluding tert-OH is 1. The Morgan fingerprint density at radius 3 is 2.92 bits per heavy atom. The van der Waals surface area contributed by atoms with E-state index in [0.717, 1.165) is 4.68 Å². The zero-order chi connectivity index (χ0) is 25.9. The Balaban J connectivity index is 1.46. The van der Waals surface area contributed by atoms with Gasteiger partial charge in [0.25, 0.3) is 5.91 Å². The molecule has 1 aromatic carbocycles. The van der Waals surface area contributed by atoms with Crippen molar-refractivity contribution in [1.29, 1.82) is 0 Å². The summed E-state index contributed by atoms with van der Waals surface area (Å²) in [4.78, 5) is 30.9. The molecule has 0 aliphatic carbocycles. The fraction of sp³-hybridized carbons (Fsp3) is 0.308. The maximum Gasteiger partial charge on any atom is 0.342 e. The standard InChI is InChI=1S/C26H26FN5O4/c1-26(2,16-33)9-8-17-6-7-22-21(12-17)31(3)24(34)20(15-36-22)30-25(35)32-14-18(13-29-32)11-19-5-4-10-28-23(19)27/h4-7,10,12-14,20,33H,11,15-16H2,1-3H3,(H,30,35)/t20-/m0/s1. The molecule has 2 N–H and O–H groups in total. The molecule has 0 saturated carbocycles. The second kappa shape index (κ2) is 10.2. The summed E-state index contributed by atoms with van der Waals surface area (Å²) in [6.07, 6.45) is 4.52. The molecule has 0 radical (unpaired) electrons. The van der Waals surface area contributed by atoms with Gasteiger partial charge < -0.3 is 20.1 Å². The summed E-state index contributed by atoms with van der Waals surface area (Å²) in [5.74, 6) is 5.56. The monoisotopic (exact) mass is 491 g/mol. The van der Waals surface area contributed by atoms with Crippen molar-refractivity contribution in [3.05, 3.63) is 71.6 Å². The first-order valence-electron chi connectivity index (χ1n) is 11.3. The van der Waals surface area contributed by atoms with Gasteiger partial charge in [-0.05, 0) is 43.7 Å². The van der Waals surface area contributed by atoms with Crippen LogP contribution in [0.2, 0.25) is 0 Å². The Morgan fingerprint density at radius 1 is 1.36 bits per heavy atom. The summed E-state index contributed by atoms with van der Waals surface area (Å²) in [5.41, 5.74) is 1.62. The molecule has 2 amide bonds. The number of pyridine rings is 1. The highest BCUT2D eigenvalue weighted by Crippen LogP contribution is 2.31. The van der Waals surface area contributed by atoms with Gasteiger partial charge in [0.05, 0.1) is 18.5 Å². The number of carbonyl (C=O) groups excluding carboxylic acids is 2. The van der Waals surface area contributed by atoms with Crippen molar-refractivity contribution in [2.75, 3.05) is 25.2 Å². The maximum absolute atomic E-state index is 13.8. The van der Waals surface area contributed by atoms with Crippen LogP contribution >= 0.6 is 0 Å². The number of hydrogen-bond acceptors (Lipinski definition) is 6. The average Bonchev–Trinajstić information content (AvgIpc) is 3.30. The fourth-order valence-corrected chi connectivity index (χ4v) is 3.51. The first kappa shape index (κ1) is 24.9. The van der Waals surface area contributed by atoms with Gasteiger partial charge in [0.2, 0.25) is 5.95 Å². The predicted molar refractivity (Wildman–Crippen MR) is 130 cm³/mol. The van der Waals surface area contributed by atoms with Crippen molar-refractivity contribution >= 4 is 17.6 Å². The lowest BCUT2D eigenvalue weighted by Gasteiger charge is -2.20. The number of likely N-dealkylation sites (N-methyl/N-ethyl adjacent to an activating group) is 1. The third-order valence-corrected chi connectivity index (χ3v) is 5.67. The molecular formula is C26H26FN5O4. The van der Waals surface area contributed by atoms with Crippen LogP contribution in [-0.2, 0) is 11.2 Å². The van der Waals surface area contributed by atoms with E-state index in [4.69, 9.17) is 4.74 Å². The number of ether oxygens (including phenoxy) is 1. The van der Waals surface area contributed by atoms with Crippen LogP contribution in [-0.4, -0.2) is 58.1 Å². The van der Waals surface area contributed by atoms with E-state index in [9.17, 15) is 19.1 Å². The zero-order valence-corrected chi connectivity index (χ0v) is 20.2. The second-order valence-electron chi connectivity index (χ2n) is 9.11. The van der Waals surface area contributed by atoms with Gasteiger partial charge in [-0.2, -0.15) is 14.2 Å². The van der Waals surface area contributed by atoms with E-state index >= 15 is 0 Å². The van der Waals surface area contributed by atoms with Gasteiger partial charge in [-0.3, -0.25) is 4.79 Å². The molecule has 2 aromatic heterocycles. The van der Waals surface area contributed by atoms with E-state index in [1.807, 2.05) is 13.8 Å². The van der Waals surface area contributed by atoms with Gasteiger partial charge in [0.15, 0.2) is 0 Å². The third kappa shape index (κ3) is 5.53. The first-order valence-corrected chi connectivity index (χ1v) is 11.3. The smallest absolute Gasteiger partial charge is 0.342 e. The molecule has 36 heavy (non-hydrogen) atoms. The summed E-state index contributed by atoms with van der Waals surface area (Å²) in [7, 11) is 1.60. The number of anilines is 1. The van der Waals surface area contributed by atoms with Crippen molar-refractivity contribution in [2.24, 2.45) is 5.41 Å². The Hall–Kier alpha value is -4.23. The van der Waals surface area contributed by atoms with Crippen LogP contribution in [0.25, 0.3) is 0 Å². The summed E-state index contributed by atoms with van der Waals surface area (Å²) in [6, 6.07) is 6.89. The molecule has 186 valence electrons. The molecule has 4 rings (SSSR count). The molecule has 9 nitrogen and oxygen atoms in total. The molecule has 0 saturated heterocycles. The highest BCUT2D eigenvalue weighted by atomic mass is 19.1. The van der Waals surface area contributed by atoms with Gasteiger partial charge in [-0.25, -0.2) is 9.78 Å². The number of carbonyl (C=O) groups is 2.